The Labute approximate surface area is 213 Å². The molecule has 6 nitrogen and oxygen atoms in total. The van der Waals surface area contributed by atoms with Crippen molar-refractivity contribution in [3.8, 4) is 11.8 Å². The predicted molar refractivity (Wildman–Crippen MR) is 139 cm³/mol. The summed E-state index contributed by atoms with van der Waals surface area (Å²) in [6.45, 7) is 5.94. The van der Waals surface area contributed by atoms with E-state index in [1.54, 1.807) is 24.5 Å². The number of alkyl halides is 1. The van der Waals surface area contributed by atoms with Crippen LogP contribution >= 0.6 is 11.6 Å². The van der Waals surface area contributed by atoms with Crippen molar-refractivity contribution < 1.29 is 14.7 Å². The first kappa shape index (κ1) is 26.7. The van der Waals surface area contributed by atoms with Gasteiger partial charge in [-0.3, -0.25) is 19.5 Å². The molecule has 1 aliphatic carbocycles. The second-order valence-corrected chi connectivity index (χ2v) is 10.1. The van der Waals surface area contributed by atoms with Crippen LogP contribution in [0.25, 0.3) is 0 Å². The molecule has 0 spiro atoms. The molecule has 3 rings (SSSR count). The van der Waals surface area contributed by atoms with Crippen LogP contribution in [0, 0.1) is 11.8 Å². The van der Waals surface area contributed by atoms with Gasteiger partial charge in [-0.25, -0.2) is 0 Å². The van der Waals surface area contributed by atoms with E-state index in [4.69, 9.17) is 11.6 Å². The lowest BCUT2D eigenvalue weighted by Gasteiger charge is -2.34. The Hall–Kier alpha value is -2.88. The van der Waals surface area contributed by atoms with Gasteiger partial charge in [-0.15, -0.1) is 11.6 Å². The third-order valence-corrected chi connectivity index (χ3v) is 6.49. The minimum atomic E-state index is -0.966. The molecule has 0 aliphatic heterocycles. The van der Waals surface area contributed by atoms with Crippen LogP contribution in [0.3, 0.4) is 0 Å². The number of nitrogens with zero attached hydrogens (tertiary/aromatic N) is 2. The van der Waals surface area contributed by atoms with E-state index >= 15 is 0 Å². The van der Waals surface area contributed by atoms with Crippen molar-refractivity contribution in [2.75, 3.05) is 17.4 Å². The van der Waals surface area contributed by atoms with Crippen molar-refractivity contribution in [3.63, 3.8) is 0 Å². The van der Waals surface area contributed by atoms with E-state index in [9.17, 15) is 14.7 Å². The summed E-state index contributed by atoms with van der Waals surface area (Å²) in [5.74, 6) is 4.67. The van der Waals surface area contributed by atoms with E-state index in [0.717, 1.165) is 31.2 Å². The summed E-state index contributed by atoms with van der Waals surface area (Å²) in [5, 5.41) is 12.5. The second kappa shape index (κ2) is 12.2. The molecule has 0 saturated heterocycles. The van der Waals surface area contributed by atoms with E-state index in [1.165, 1.54) is 11.3 Å². The number of carbonyl (C=O) groups excluding carboxylic acids is 2. The number of benzene rings is 1. The van der Waals surface area contributed by atoms with Crippen LogP contribution in [-0.4, -0.2) is 40.4 Å². The lowest BCUT2D eigenvalue weighted by molar-refractivity contribution is -0.126. The summed E-state index contributed by atoms with van der Waals surface area (Å²) in [7, 11) is 0. The first-order chi connectivity index (χ1) is 16.8. The quantitative estimate of drug-likeness (QED) is 0.457. The molecule has 2 N–H and O–H groups in total. The number of rotatable bonds is 6. The molecule has 186 valence electrons. The molecule has 2 aromatic rings. The Bertz CT molecular complexity index is 1080. The fraction of sp³-hybridized carbons (Fsp3) is 0.464. The topological polar surface area (TPSA) is 82.5 Å². The number of amides is 2. The molecular formula is C28H34ClN3O3. The van der Waals surface area contributed by atoms with Crippen LogP contribution in [0.5, 0.6) is 0 Å². The molecule has 1 aromatic heterocycles. The average Bonchev–Trinajstić information content (AvgIpc) is 2.86. The van der Waals surface area contributed by atoms with Crippen molar-refractivity contribution in [1.29, 1.82) is 0 Å². The Kier molecular flexibility index (Phi) is 9.31. The largest absolute Gasteiger partial charge is 0.384 e. The average molecular weight is 496 g/mol. The summed E-state index contributed by atoms with van der Waals surface area (Å²) in [6.07, 6.45) is 8.38. The molecule has 0 radical (unpaired) electrons. The van der Waals surface area contributed by atoms with Crippen molar-refractivity contribution in [1.82, 2.24) is 10.3 Å². The van der Waals surface area contributed by atoms with E-state index in [-0.39, 0.29) is 29.9 Å². The lowest BCUT2D eigenvalue weighted by Crippen LogP contribution is -2.48. The van der Waals surface area contributed by atoms with E-state index < -0.39 is 11.9 Å². The molecule has 1 aliphatic rings. The number of aromatic nitrogens is 1. The molecule has 0 bridgehead atoms. The van der Waals surface area contributed by atoms with Crippen LogP contribution in [0.1, 0.15) is 75.6 Å². The highest BCUT2D eigenvalue weighted by Crippen LogP contribution is 2.34. The molecule has 1 fully saturated rings. The number of carbonyl (C=O) groups is 2. The van der Waals surface area contributed by atoms with Gasteiger partial charge in [0.2, 0.25) is 11.8 Å². The molecule has 35 heavy (non-hydrogen) atoms. The monoisotopic (exact) mass is 495 g/mol. The maximum Gasteiger partial charge on any atom is 0.248 e. The molecule has 1 saturated carbocycles. The molecule has 1 atom stereocenters. The zero-order valence-electron chi connectivity index (χ0n) is 20.7. The molecule has 2 amide bonds. The number of aliphatic hydroxyl groups excluding tert-OH is 1. The number of aliphatic hydroxyl groups is 1. The van der Waals surface area contributed by atoms with Crippen LogP contribution in [0.2, 0.25) is 0 Å². The first-order valence-electron chi connectivity index (χ1n) is 12.1. The molecule has 1 unspecified atom stereocenters. The van der Waals surface area contributed by atoms with Crippen LogP contribution in [-0.2, 0) is 15.0 Å². The third-order valence-electron chi connectivity index (χ3n) is 6.27. The molecule has 1 aromatic carbocycles. The summed E-state index contributed by atoms with van der Waals surface area (Å²) in [4.78, 5) is 32.7. The fourth-order valence-corrected chi connectivity index (χ4v) is 4.54. The molecule has 7 heteroatoms. The van der Waals surface area contributed by atoms with Gasteiger partial charge in [0.15, 0.2) is 0 Å². The van der Waals surface area contributed by atoms with Crippen LogP contribution < -0.4 is 10.2 Å². The summed E-state index contributed by atoms with van der Waals surface area (Å²) in [6, 6.07) is 8.29. The summed E-state index contributed by atoms with van der Waals surface area (Å²) < 4.78 is 0. The Morgan fingerprint density at radius 3 is 2.57 bits per heavy atom. The van der Waals surface area contributed by atoms with Gasteiger partial charge in [0, 0.05) is 29.6 Å². The van der Waals surface area contributed by atoms with Gasteiger partial charge >= 0.3 is 0 Å². The highest BCUT2D eigenvalue weighted by atomic mass is 35.5. The highest BCUT2D eigenvalue weighted by Gasteiger charge is 2.35. The predicted octanol–water partition coefficient (Wildman–Crippen LogP) is 4.48. The SMILES string of the molecule is CC(C)(C)c1ccc(N(C(=O)CCl)C(C(=O)NC2CCCCC2)c2cccnc2)c(C#CCO)c1. The number of hydrogen-bond acceptors (Lipinski definition) is 4. The maximum atomic E-state index is 13.7. The van der Waals surface area contributed by atoms with Gasteiger partial charge in [-0.1, -0.05) is 64.0 Å². The minimum Gasteiger partial charge on any atom is -0.384 e. The standard InChI is InChI=1S/C28H34ClN3O3/c1-28(2,3)22-13-14-24(20(17-22)10-8-16-33)32(25(34)18-29)26(21-9-7-15-30-19-21)27(35)31-23-11-5-4-6-12-23/h7,9,13-15,17,19,23,26,33H,4-6,11-12,16,18H2,1-3H3,(H,31,35). The number of anilines is 1. The van der Waals surface area contributed by atoms with Gasteiger partial charge in [0.25, 0.3) is 0 Å². The van der Waals surface area contributed by atoms with Crippen molar-refractivity contribution >= 4 is 29.1 Å². The van der Waals surface area contributed by atoms with Gasteiger partial charge in [-0.2, -0.15) is 0 Å². The van der Waals surface area contributed by atoms with Crippen molar-refractivity contribution in [3.05, 3.63) is 59.4 Å². The van der Waals surface area contributed by atoms with Crippen molar-refractivity contribution in [2.45, 2.75) is 70.4 Å². The number of pyridine rings is 1. The highest BCUT2D eigenvalue weighted by molar-refractivity contribution is 6.30. The number of hydrogen-bond donors (Lipinski definition) is 2. The number of halogens is 1. The zero-order valence-corrected chi connectivity index (χ0v) is 21.4. The normalized spacial score (nSPS) is 15.0. The Morgan fingerprint density at radius 1 is 1.23 bits per heavy atom. The summed E-state index contributed by atoms with van der Waals surface area (Å²) in [5.41, 5.74) is 2.46. The van der Waals surface area contributed by atoms with Crippen LogP contribution in [0.15, 0.2) is 42.7 Å². The minimum absolute atomic E-state index is 0.0697. The van der Waals surface area contributed by atoms with E-state index in [1.807, 2.05) is 18.2 Å². The van der Waals surface area contributed by atoms with Gasteiger partial charge in [0.1, 0.15) is 18.5 Å². The second-order valence-electron chi connectivity index (χ2n) is 9.87. The molecular weight excluding hydrogens is 462 g/mol. The molecule has 1 heterocycles. The zero-order chi connectivity index (χ0) is 25.4. The maximum absolute atomic E-state index is 13.7. The summed E-state index contributed by atoms with van der Waals surface area (Å²) >= 11 is 6.07. The van der Waals surface area contributed by atoms with E-state index in [0.29, 0.717) is 16.8 Å². The van der Waals surface area contributed by atoms with E-state index in [2.05, 4.69) is 42.9 Å². The smallest absolute Gasteiger partial charge is 0.248 e. The Balaban J connectivity index is 2.15. The lowest BCUT2D eigenvalue weighted by atomic mass is 9.85. The number of nitrogens with one attached hydrogen (secondary N) is 1. The first-order valence-corrected chi connectivity index (χ1v) is 12.6. The Morgan fingerprint density at radius 2 is 1.97 bits per heavy atom. The van der Waals surface area contributed by atoms with Gasteiger partial charge < -0.3 is 10.4 Å². The van der Waals surface area contributed by atoms with Crippen LogP contribution in [0.4, 0.5) is 5.69 Å². The third kappa shape index (κ3) is 6.84. The fourth-order valence-electron chi connectivity index (χ4n) is 4.41. The van der Waals surface area contributed by atoms with Crippen molar-refractivity contribution in [2.24, 2.45) is 0 Å². The van der Waals surface area contributed by atoms with Gasteiger partial charge in [0.05, 0.1) is 5.69 Å². The van der Waals surface area contributed by atoms with Gasteiger partial charge in [-0.05, 0) is 42.0 Å².